The van der Waals surface area contributed by atoms with Gasteiger partial charge in [-0.1, -0.05) is 0 Å². The first kappa shape index (κ1) is 13.3. The van der Waals surface area contributed by atoms with E-state index >= 15 is 0 Å². The molecule has 1 aromatic carbocycles. The maximum absolute atomic E-state index is 13.6. The molecule has 0 bridgehead atoms. The highest BCUT2D eigenvalue weighted by Gasteiger charge is 2.18. The maximum atomic E-state index is 13.6. The Labute approximate surface area is 128 Å². The van der Waals surface area contributed by atoms with E-state index < -0.39 is 5.97 Å². The van der Waals surface area contributed by atoms with Gasteiger partial charge < -0.3 is 15.4 Å². The molecule has 0 aliphatic heterocycles. The number of benzene rings is 1. The van der Waals surface area contributed by atoms with Crippen LogP contribution in [0.15, 0.2) is 36.7 Å². The van der Waals surface area contributed by atoms with Gasteiger partial charge in [-0.15, -0.1) is 0 Å². The van der Waals surface area contributed by atoms with Crippen LogP contribution in [-0.2, 0) is 0 Å². The number of halogens is 1. The Hall–Kier alpha value is -3.42. The summed E-state index contributed by atoms with van der Waals surface area (Å²) in [6.45, 7) is 0. The van der Waals surface area contributed by atoms with Crippen LogP contribution in [0, 0.1) is 5.82 Å². The lowest BCUT2D eigenvalue weighted by atomic mass is 10.2. The summed E-state index contributed by atoms with van der Waals surface area (Å²) in [5, 5.41) is 16.6. The van der Waals surface area contributed by atoms with Crippen molar-refractivity contribution in [3.63, 3.8) is 0 Å². The second-order valence-electron chi connectivity index (χ2n) is 5.06. The fraction of sp³-hybridized carbons (Fsp3) is 0. The molecule has 4 N–H and O–H groups in total. The number of rotatable bonds is 2. The van der Waals surface area contributed by atoms with E-state index in [1.54, 1.807) is 16.8 Å². The van der Waals surface area contributed by atoms with Gasteiger partial charge in [-0.2, -0.15) is 5.10 Å². The second kappa shape index (κ2) is 4.54. The molecule has 0 aliphatic rings. The molecule has 0 unspecified atom stereocenters. The van der Waals surface area contributed by atoms with Crippen LogP contribution in [0.4, 0.5) is 10.2 Å². The first-order chi connectivity index (χ1) is 11.1. The van der Waals surface area contributed by atoms with Crippen LogP contribution >= 0.6 is 0 Å². The summed E-state index contributed by atoms with van der Waals surface area (Å²) in [4.78, 5) is 15.1. The number of aromatic carboxylic acids is 1. The maximum Gasteiger partial charge on any atom is 0.337 e. The molecule has 0 saturated carbocycles. The van der Waals surface area contributed by atoms with Gasteiger partial charge in [0.1, 0.15) is 11.6 Å². The number of nitrogens with one attached hydrogen (secondary N) is 1. The van der Waals surface area contributed by atoms with E-state index in [0.717, 1.165) is 0 Å². The van der Waals surface area contributed by atoms with E-state index in [1.165, 1.54) is 24.4 Å². The van der Waals surface area contributed by atoms with E-state index in [9.17, 15) is 9.18 Å². The molecule has 0 spiro atoms. The Morgan fingerprint density at radius 2 is 2.09 bits per heavy atom. The van der Waals surface area contributed by atoms with Crippen molar-refractivity contribution in [3.05, 3.63) is 48.0 Å². The van der Waals surface area contributed by atoms with Gasteiger partial charge in [0, 0.05) is 11.6 Å². The van der Waals surface area contributed by atoms with Crippen LogP contribution < -0.4 is 5.73 Å². The molecule has 3 aromatic heterocycles. The molecule has 0 aliphatic carbocycles. The van der Waals surface area contributed by atoms with Crippen LogP contribution in [0.3, 0.4) is 0 Å². The number of carbonyl (C=O) groups is 1. The first-order valence-corrected chi connectivity index (χ1v) is 6.68. The van der Waals surface area contributed by atoms with Gasteiger partial charge in [0.25, 0.3) is 0 Å². The molecule has 0 atom stereocenters. The number of pyridine rings is 1. The van der Waals surface area contributed by atoms with E-state index in [-0.39, 0.29) is 17.2 Å². The van der Waals surface area contributed by atoms with Crippen LogP contribution in [0.2, 0.25) is 0 Å². The van der Waals surface area contributed by atoms with Gasteiger partial charge in [0.15, 0.2) is 0 Å². The Balaban J connectivity index is 2.14. The molecule has 8 heteroatoms. The Kier molecular flexibility index (Phi) is 2.61. The Morgan fingerprint density at radius 1 is 1.26 bits per heavy atom. The third-order valence-corrected chi connectivity index (χ3v) is 3.71. The number of fused-ring (bicyclic) bond motifs is 3. The molecule has 7 nitrogen and oxygen atoms in total. The topological polar surface area (TPSA) is 110 Å². The summed E-state index contributed by atoms with van der Waals surface area (Å²) in [7, 11) is 0. The number of nitrogen functional groups attached to an aromatic ring is 1. The monoisotopic (exact) mass is 311 g/mol. The number of hydrogen-bond donors (Lipinski definition) is 3. The quantitative estimate of drug-likeness (QED) is 0.526. The smallest absolute Gasteiger partial charge is 0.337 e. The average Bonchev–Trinajstić information content (AvgIpc) is 3.08. The van der Waals surface area contributed by atoms with Crippen molar-refractivity contribution in [1.82, 2.24) is 19.7 Å². The largest absolute Gasteiger partial charge is 0.478 e. The number of H-pyrrole nitrogens is 1. The minimum absolute atomic E-state index is 0.00908. The minimum atomic E-state index is -1.11. The molecule has 0 saturated heterocycles. The highest BCUT2D eigenvalue weighted by molar-refractivity contribution is 6.07. The zero-order valence-corrected chi connectivity index (χ0v) is 11.6. The molecule has 3 heterocycles. The van der Waals surface area contributed by atoms with Crippen LogP contribution in [0.1, 0.15) is 10.4 Å². The number of anilines is 1. The van der Waals surface area contributed by atoms with Crippen molar-refractivity contribution >= 4 is 33.7 Å². The van der Waals surface area contributed by atoms with E-state index in [1.807, 2.05) is 0 Å². The third-order valence-electron chi connectivity index (χ3n) is 3.71. The number of carboxylic acids is 1. The van der Waals surface area contributed by atoms with Gasteiger partial charge in [0.05, 0.1) is 34.0 Å². The van der Waals surface area contributed by atoms with Gasteiger partial charge in [-0.05, 0) is 24.3 Å². The molecule has 4 rings (SSSR count). The van der Waals surface area contributed by atoms with Crippen molar-refractivity contribution in [2.75, 3.05) is 5.73 Å². The van der Waals surface area contributed by atoms with Crippen LogP contribution in [-0.4, -0.2) is 30.8 Å². The SMILES string of the molecule is Nc1ncc(C(=O)O)cc1-n1c2ccc(F)cc2c2[nH]ncc21. The number of carboxylic acid groups (broad SMARTS) is 1. The summed E-state index contributed by atoms with van der Waals surface area (Å²) < 4.78 is 15.3. The zero-order chi connectivity index (χ0) is 16.1. The summed E-state index contributed by atoms with van der Waals surface area (Å²) in [6.07, 6.45) is 2.76. The highest BCUT2D eigenvalue weighted by atomic mass is 19.1. The minimum Gasteiger partial charge on any atom is -0.478 e. The number of hydrogen-bond acceptors (Lipinski definition) is 4. The lowest BCUT2D eigenvalue weighted by Crippen LogP contribution is -2.06. The fourth-order valence-electron chi connectivity index (χ4n) is 2.70. The van der Waals surface area contributed by atoms with Gasteiger partial charge in [0.2, 0.25) is 0 Å². The summed E-state index contributed by atoms with van der Waals surface area (Å²) >= 11 is 0. The van der Waals surface area contributed by atoms with Crippen molar-refractivity contribution < 1.29 is 14.3 Å². The first-order valence-electron chi connectivity index (χ1n) is 6.68. The molecular formula is C15H10FN5O2. The predicted octanol–water partition coefficient (Wildman–Crippen LogP) is 2.32. The van der Waals surface area contributed by atoms with Crippen LogP contribution in [0.5, 0.6) is 0 Å². The lowest BCUT2D eigenvalue weighted by molar-refractivity contribution is 0.0696. The number of aromatic amines is 1. The summed E-state index contributed by atoms with van der Waals surface area (Å²) in [5.41, 5.74) is 8.31. The predicted molar refractivity (Wildman–Crippen MR) is 82.1 cm³/mol. The van der Waals surface area contributed by atoms with Gasteiger partial charge >= 0.3 is 5.97 Å². The lowest BCUT2D eigenvalue weighted by Gasteiger charge is -2.10. The molecule has 0 fully saturated rings. The molecular weight excluding hydrogens is 301 g/mol. The van der Waals surface area contributed by atoms with Crippen molar-refractivity contribution in [3.8, 4) is 5.69 Å². The van der Waals surface area contributed by atoms with Crippen molar-refractivity contribution in [1.29, 1.82) is 0 Å². The molecule has 0 amide bonds. The summed E-state index contributed by atoms with van der Waals surface area (Å²) in [6, 6.07) is 5.75. The highest BCUT2D eigenvalue weighted by Crippen LogP contribution is 2.32. The van der Waals surface area contributed by atoms with E-state index in [4.69, 9.17) is 10.8 Å². The molecule has 0 radical (unpaired) electrons. The normalized spacial score (nSPS) is 11.3. The number of nitrogens with zero attached hydrogens (tertiary/aromatic N) is 3. The third kappa shape index (κ3) is 1.85. The standard InChI is InChI=1S/C15H10FN5O2/c16-8-1-2-10-9(4-8)13-12(6-19-20-13)21(10)11-3-7(15(22)23)5-18-14(11)17/h1-6H,(H2,17,18)(H,19,20)(H,22,23). The van der Waals surface area contributed by atoms with Crippen molar-refractivity contribution in [2.45, 2.75) is 0 Å². The van der Waals surface area contributed by atoms with Gasteiger partial charge in [-0.3, -0.25) is 5.10 Å². The molecule has 114 valence electrons. The number of nitrogens with two attached hydrogens (primary N) is 1. The molecule has 4 aromatic rings. The number of aromatic nitrogens is 4. The van der Waals surface area contributed by atoms with Gasteiger partial charge in [-0.25, -0.2) is 14.2 Å². The van der Waals surface area contributed by atoms with Crippen molar-refractivity contribution in [2.24, 2.45) is 0 Å². The Bertz CT molecular complexity index is 1080. The zero-order valence-electron chi connectivity index (χ0n) is 11.6. The van der Waals surface area contributed by atoms with E-state index in [2.05, 4.69) is 15.2 Å². The second-order valence-corrected chi connectivity index (χ2v) is 5.06. The summed E-state index contributed by atoms with van der Waals surface area (Å²) in [5.74, 6) is -1.32. The molecule has 23 heavy (non-hydrogen) atoms. The van der Waals surface area contributed by atoms with E-state index in [0.29, 0.717) is 27.6 Å². The van der Waals surface area contributed by atoms with Crippen LogP contribution in [0.25, 0.3) is 27.6 Å². The average molecular weight is 311 g/mol. The fourth-order valence-corrected chi connectivity index (χ4v) is 2.70. The Morgan fingerprint density at radius 3 is 2.87 bits per heavy atom.